The third-order valence-corrected chi connectivity index (χ3v) is 7.71. The Hall–Kier alpha value is -2.91. The van der Waals surface area contributed by atoms with E-state index in [1.165, 1.54) is 24.6 Å². The van der Waals surface area contributed by atoms with Crippen LogP contribution in [0.3, 0.4) is 0 Å². The van der Waals surface area contributed by atoms with E-state index in [9.17, 15) is 18.0 Å². The monoisotopic (exact) mass is 474 g/mol. The number of carbonyl (C=O) groups is 2. The molecule has 9 heteroatoms. The molecule has 0 atom stereocenters. The van der Waals surface area contributed by atoms with Gasteiger partial charge in [0.2, 0.25) is 15.9 Å². The van der Waals surface area contributed by atoms with Crippen LogP contribution in [0.15, 0.2) is 47.4 Å². The highest BCUT2D eigenvalue weighted by Gasteiger charge is 2.36. The number of nitrogens with one attached hydrogen (secondary N) is 1. The molecule has 2 aromatic carbocycles. The summed E-state index contributed by atoms with van der Waals surface area (Å²) in [7, 11) is -1.35. The van der Waals surface area contributed by atoms with Crippen molar-refractivity contribution >= 4 is 27.6 Å². The van der Waals surface area contributed by atoms with Crippen molar-refractivity contribution in [1.82, 2.24) is 4.31 Å². The molecule has 0 aliphatic heterocycles. The van der Waals surface area contributed by atoms with Crippen LogP contribution in [0.4, 0.5) is 5.69 Å². The Morgan fingerprint density at radius 1 is 1.06 bits per heavy atom. The zero-order chi connectivity index (χ0) is 24.0. The summed E-state index contributed by atoms with van der Waals surface area (Å²) in [5, 5.41) is 2.68. The van der Waals surface area contributed by atoms with Crippen LogP contribution in [0.1, 0.15) is 48.0 Å². The molecule has 2 aromatic rings. The van der Waals surface area contributed by atoms with Crippen molar-refractivity contribution in [3.63, 3.8) is 0 Å². The number of aryl methyl sites for hydroxylation is 1. The highest BCUT2D eigenvalue weighted by molar-refractivity contribution is 7.89. The number of anilines is 1. The molecule has 0 aromatic heterocycles. The van der Waals surface area contributed by atoms with Crippen LogP contribution < -0.4 is 10.1 Å². The van der Waals surface area contributed by atoms with Crippen LogP contribution >= 0.6 is 0 Å². The standard InChI is InChI=1S/C24H30N2O6S/c1-17-13-14-21(31-2)22(15-17)33(29,30)26(18-9-5-4-6-10-18)16-23(27)25-20-12-8-7-11-19(20)24(28)32-3/h7-8,11-15,18H,4-6,9-10,16H2,1-3H3,(H,25,27). The van der Waals surface area contributed by atoms with Crippen LogP contribution in [0.5, 0.6) is 5.75 Å². The first-order valence-electron chi connectivity index (χ1n) is 10.9. The number of carbonyl (C=O) groups excluding carboxylic acids is 2. The minimum Gasteiger partial charge on any atom is -0.495 e. The molecule has 3 rings (SSSR count). The summed E-state index contributed by atoms with van der Waals surface area (Å²) >= 11 is 0. The van der Waals surface area contributed by atoms with Gasteiger partial charge in [-0.1, -0.05) is 37.5 Å². The molecule has 0 saturated heterocycles. The SMILES string of the molecule is COC(=O)c1ccccc1NC(=O)CN(C1CCCCC1)S(=O)(=O)c1cc(C)ccc1OC. The second-order valence-corrected chi connectivity index (χ2v) is 9.94. The van der Waals surface area contributed by atoms with Gasteiger partial charge in [0.25, 0.3) is 0 Å². The Kier molecular flexibility index (Phi) is 8.10. The first kappa shape index (κ1) is 24.7. The highest BCUT2D eigenvalue weighted by atomic mass is 32.2. The van der Waals surface area contributed by atoms with Gasteiger partial charge in [-0.05, 0) is 49.6 Å². The molecule has 33 heavy (non-hydrogen) atoms. The van der Waals surface area contributed by atoms with Gasteiger partial charge in [0.1, 0.15) is 10.6 Å². The van der Waals surface area contributed by atoms with E-state index in [0.29, 0.717) is 12.8 Å². The van der Waals surface area contributed by atoms with Crippen molar-refractivity contribution < 1.29 is 27.5 Å². The summed E-state index contributed by atoms with van der Waals surface area (Å²) in [6, 6.07) is 11.1. The van der Waals surface area contributed by atoms with E-state index in [0.717, 1.165) is 24.8 Å². The Bertz CT molecular complexity index is 1110. The number of amides is 1. The fourth-order valence-electron chi connectivity index (χ4n) is 4.10. The molecule has 1 N–H and O–H groups in total. The van der Waals surface area contributed by atoms with Crippen molar-refractivity contribution in [3.05, 3.63) is 53.6 Å². The smallest absolute Gasteiger partial charge is 0.339 e. The van der Waals surface area contributed by atoms with E-state index in [-0.39, 0.29) is 34.5 Å². The molecular formula is C24H30N2O6S. The molecule has 1 aliphatic rings. The second-order valence-electron chi connectivity index (χ2n) is 8.08. The van der Waals surface area contributed by atoms with Crippen molar-refractivity contribution in [3.8, 4) is 5.75 Å². The molecule has 1 amide bonds. The average Bonchev–Trinajstić information content (AvgIpc) is 2.82. The Morgan fingerprint density at radius 2 is 1.76 bits per heavy atom. The van der Waals surface area contributed by atoms with Gasteiger partial charge in [0.15, 0.2) is 0 Å². The highest BCUT2D eigenvalue weighted by Crippen LogP contribution is 2.32. The van der Waals surface area contributed by atoms with Gasteiger partial charge in [-0.2, -0.15) is 4.31 Å². The largest absolute Gasteiger partial charge is 0.495 e. The first-order valence-corrected chi connectivity index (χ1v) is 12.4. The van der Waals surface area contributed by atoms with Gasteiger partial charge in [0, 0.05) is 6.04 Å². The second kappa shape index (κ2) is 10.8. The maximum absolute atomic E-state index is 13.8. The molecular weight excluding hydrogens is 444 g/mol. The summed E-state index contributed by atoms with van der Waals surface area (Å²) in [6.45, 7) is 1.43. The van der Waals surface area contributed by atoms with Gasteiger partial charge in [-0.15, -0.1) is 0 Å². The number of para-hydroxylation sites is 1. The Morgan fingerprint density at radius 3 is 2.42 bits per heavy atom. The zero-order valence-corrected chi connectivity index (χ0v) is 20.0. The summed E-state index contributed by atoms with van der Waals surface area (Å²) in [5.74, 6) is -0.892. The average molecular weight is 475 g/mol. The molecule has 1 fully saturated rings. The predicted octanol–water partition coefficient (Wildman–Crippen LogP) is 3.75. The number of hydrogen-bond acceptors (Lipinski definition) is 6. The number of ether oxygens (including phenoxy) is 2. The minimum atomic E-state index is -4.03. The lowest BCUT2D eigenvalue weighted by Crippen LogP contribution is -2.45. The quantitative estimate of drug-likeness (QED) is 0.585. The molecule has 0 bridgehead atoms. The summed E-state index contributed by atoms with van der Waals surface area (Å²) in [6.07, 6.45) is 4.19. The number of hydrogen-bond donors (Lipinski definition) is 1. The first-order chi connectivity index (χ1) is 15.8. The van der Waals surface area contributed by atoms with E-state index in [4.69, 9.17) is 9.47 Å². The predicted molar refractivity (Wildman–Crippen MR) is 125 cm³/mol. The maximum atomic E-state index is 13.8. The van der Waals surface area contributed by atoms with Crippen LogP contribution in [-0.4, -0.2) is 51.4 Å². The number of sulfonamides is 1. The van der Waals surface area contributed by atoms with Gasteiger partial charge < -0.3 is 14.8 Å². The molecule has 178 valence electrons. The van der Waals surface area contributed by atoms with Gasteiger partial charge in [-0.25, -0.2) is 13.2 Å². The van der Waals surface area contributed by atoms with E-state index >= 15 is 0 Å². The number of nitrogens with zero attached hydrogens (tertiary/aromatic N) is 1. The lowest BCUT2D eigenvalue weighted by atomic mass is 9.95. The lowest BCUT2D eigenvalue weighted by molar-refractivity contribution is -0.116. The zero-order valence-electron chi connectivity index (χ0n) is 19.2. The Balaban J connectivity index is 1.94. The normalized spacial score (nSPS) is 14.7. The molecule has 1 saturated carbocycles. The van der Waals surface area contributed by atoms with E-state index in [1.54, 1.807) is 43.3 Å². The van der Waals surface area contributed by atoms with Gasteiger partial charge in [0.05, 0.1) is 32.0 Å². The van der Waals surface area contributed by atoms with E-state index < -0.39 is 21.9 Å². The van der Waals surface area contributed by atoms with Crippen LogP contribution in [0.2, 0.25) is 0 Å². The third-order valence-electron chi connectivity index (χ3n) is 5.79. The molecule has 1 aliphatic carbocycles. The summed E-state index contributed by atoms with van der Waals surface area (Å²) in [4.78, 5) is 25.1. The van der Waals surface area contributed by atoms with E-state index in [2.05, 4.69) is 5.32 Å². The number of methoxy groups -OCH3 is 2. The minimum absolute atomic E-state index is 0.0401. The summed E-state index contributed by atoms with van der Waals surface area (Å²) < 4.78 is 38.9. The van der Waals surface area contributed by atoms with Gasteiger partial charge >= 0.3 is 5.97 Å². The maximum Gasteiger partial charge on any atom is 0.339 e. The van der Waals surface area contributed by atoms with Crippen LogP contribution in [0.25, 0.3) is 0 Å². The lowest BCUT2D eigenvalue weighted by Gasteiger charge is -2.33. The van der Waals surface area contributed by atoms with Gasteiger partial charge in [-0.3, -0.25) is 4.79 Å². The molecule has 0 heterocycles. The molecule has 0 unspecified atom stereocenters. The molecule has 8 nitrogen and oxygen atoms in total. The number of benzene rings is 2. The van der Waals surface area contributed by atoms with Crippen molar-refractivity contribution in [2.45, 2.75) is 50.0 Å². The third kappa shape index (κ3) is 5.72. The van der Waals surface area contributed by atoms with Crippen molar-refractivity contribution in [2.75, 3.05) is 26.1 Å². The molecule has 0 spiro atoms. The molecule has 0 radical (unpaired) electrons. The fraction of sp³-hybridized carbons (Fsp3) is 0.417. The van der Waals surface area contributed by atoms with Crippen molar-refractivity contribution in [1.29, 1.82) is 0 Å². The fourth-order valence-corrected chi connectivity index (χ4v) is 5.99. The van der Waals surface area contributed by atoms with E-state index in [1.807, 2.05) is 0 Å². The number of esters is 1. The van der Waals surface area contributed by atoms with Crippen LogP contribution in [0, 0.1) is 6.92 Å². The number of rotatable bonds is 8. The summed E-state index contributed by atoms with van der Waals surface area (Å²) in [5.41, 5.74) is 1.23. The topological polar surface area (TPSA) is 102 Å². The Labute approximate surface area is 194 Å². The van der Waals surface area contributed by atoms with Crippen LogP contribution in [-0.2, 0) is 19.6 Å². The van der Waals surface area contributed by atoms with Crippen molar-refractivity contribution in [2.24, 2.45) is 0 Å².